The Hall–Kier alpha value is -2.89. The van der Waals surface area contributed by atoms with Gasteiger partial charge in [-0.1, -0.05) is 31.4 Å². The molecule has 0 aliphatic heterocycles. The van der Waals surface area contributed by atoms with Crippen LogP contribution >= 0.6 is 0 Å². The van der Waals surface area contributed by atoms with E-state index in [2.05, 4.69) is 35.2 Å². The molecule has 30 heavy (non-hydrogen) atoms. The Balaban J connectivity index is 1.95. The molecule has 1 aromatic carbocycles. The van der Waals surface area contributed by atoms with Crippen LogP contribution in [-0.4, -0.2) is 26.1 Å². The van der Waals surface area contributed by atoms with E-state index in [-0.39, 0.29) is 35.4 Å². The van der Waals surface area contributed by atoms with Gasteiger partial charge in [0, 0.05) is 36.0 Å². The number of allylic oxidation sites excluding steroid dienone is 2. The molecule has 6 nitrogen and oxygen atoms in total. The van der Waals surface area contributed by atoms with Gasteiger partial charge in [-0.15, -0.1) is 0 Å². The number of aryl methyl sites for hydroxylation is 1. The lowest BCUT2D eigenvalue weighted by Crippen LogP contribution is -2.25. The van der Waals surface area contributed by atoms with E-state index in [0.29, 0.717) is 17.5 Å². The first kappa shape index (κ1) is 21.8. The number of hydrogen-bond acceptors (Lipinski definition) is 5. The third kappa shape index (κ3) is 5.17. The van der Waals surface area contributed by atoms with Gasteiger partial charge in [0.05, 0.1) is 5.56 Å². The minimum Gasteiger partial charge on any atom is -0.507 e. The van der Waals surface area contributed by atoms with E-state index in [1.807, 2.05) is 0 Å². The Labute approximate surface area is 178 Å². The van der Waals surface area contributed by atoms with Gasteiger partial charge in [0.1, 0.15) is 17.8 Å². The van der Waals surface area contributed by atoms with Gasteiger partial charge in [0.2, 0.25) is 0 Å². The summed E-state index contributed by atoms with van der Waals surface area (Å²) in [6.45, 7) is 4.45. The maximum atomic E-state index is 13.1. The molecule has 1 aliphatic rings. The SMILES string of the molecule is CCCCCc1cc(O)c(C2C=C(C)CCC2)c(O)c1C(=O)NCc1cncnc1. The number of nitrogens with one attached hydrogen (secondary N) is 1. The zero-order chi connectivity index (χ0) is 21.5. The number of phenolic OH excluding ortho intramolecular Hbond substituents is 2. The van der Waals surface area contributed by atoms with Crippen molar-refractivity contribution in [2.45, 2.75) is 71.3 Å². The summed E-state index contributed by atoms with van der Waals surface area (Å²) in [7, 11) is 0. The van der Waals surface area contributed by atoms with Gasteiger partial charge in [-0.25, -0.2) is 9.97 Å². The average Bonchev–Trinajstić information content (AvgIpc) is 2.73. The molecule has 1 aliphatic carbocycles. The molecule has 3 rings (SSSR count). The number of aromatic hydroxyl groups is 2. The van der Waals surface area contributed by atoms with E-state index >= 15 is 0 Å². The summed E-state index contributed by atoms with van der Waals surface area (Å²) in [5.41, 5.74) is 3.43. The number of amides is 1. The van der Waals surface area contributed by atoms with Gasteiger partial charge in [-0.2, -0.15) is 0 Å². The van der Waals surface area contributed by atoms with Crippen molar-refractivity contribution in [2.24, 2.45) is 0 Å². The Bertz CT molecular complexity index is 910. The summed E-state index contributed by atoms with van der Waals surface area (Å²) in [5.74, 6) is -0.458. The van der Waals surface area contributed by atoms with Crippen LogP contribution < -0.4 is 5.32 Å². The third-order valence-electron chi connectivity index (χ3n) is 5.69. The third-order valence-corrected chi connectivity index (χ3v) is 5.69. The maximum Gasteiger partial charge on any atom is 0.255 e. The molecule has 3 N–H and O–H groups in total. The van der Waals surface area contributed by atoms with Crippen LogP contribution in [0.1, 0.15) is 85.3 Å². The second-order valence-electron chi connectivity index (χ2n) is 8.09. The highest BCUT2D eigenvalue weighted by atomic mass is 16.3. The highest BCUT2D eigenvalue weighted by molar-refractivity contribution is 5.99. The van der Waals surface area contributed by atoms with Crippen LogP contribution in [0.25, 0.3) is 0 Å². The van der Waals surface area contributed by atoms with Gasteiger partial charge in [-0.3, -0.25) is 4.79 Å². The number of carbonyl (C=O) groups excluding carboxylic acids is 1. The number of unbranched alkanes of at least 4 members (excludes halogenated alkanes) is 2. The first-order valence-corrected chi connectivity index (χ1v) is 10.8. The summed E-state index contributed by atoms with van der Waals surface area (Å²) < 4.78 is 0. The summed E-state index contributed by atoms with van der Waals surface area (Å²) in [5, 5.41) is 24.8. The van der Waals surface area contributed by atoms with Crippen LogP contribution in [-0.2, 0) is 13.0 Å². The van der Waals surface area contributed by atoms with Crippen molar-refractivity contribution in [3.8, 4) is 11.5 Å². The number of aromatic nitrogens is 2. The first-order chi connectivity index (χ1) is 14.5. The lowest BCUT2D eigenvalue weighted by atomic mass is 9.83. The quantitative estimate of drug-likeness (QED) is 0.431. The van der Waals surface area contributed by atoms with E-state index in [1.54, 1.807) is 18.5 Å². The minimum absolute atomic E-state index is 0.0722. The van der Waals surface area contributed by atoms with Gasteiger partial charge < -0.3 is 15.5 Å². The van der Waals surface area contributed by atoms with Crippen molar-refractivity contribution in [1.29, 1.82) is 0 Å². The van der Waals surface area contributed by atoms with Crippen LogP contribution in [0.3, 0.4) is 0 Å². The molecule has 6 heteroatoms. The predicted octanol–water partition coefficient (Wildman–Crippen LogP) is 4.76. The molecular formula is C24H31N3O3. The average molecular weight is 410 g/mol. The summed E-state index contributed by atoms with van der Waals surface area (Å²) in [6.07, 6.45) is 13.3. The van der Waals surface area contributed by atoms with E-state index in [4.69, 9.17) is 0 Å². The van der Waals surface area contributed by atoms with E-state index in [1.165, 1.54) is 11.9 Å². The van der Waals surface area contributed by atoms with Crippen LogP contribution in [0, 0.1) is 0 Å². The van der Waals surface area contributed by atoms with Crippen LogP contribution in [0.15, 0.2) is 36.4 Å². The molecule has 0 spiro atoms. The Kier molecular flexibility index (Phi) is 7.44. The second-order valence-corrected chi connectivity index (χ2v) is 8.09. The lowest BCUT2D eigenvalue weighted by Gasteiger charge is -2.24. The van der Waals surface area contributed by atoms with Crippen LogP contribution in [0.2, 0.25) is 0 Å². The molecule has 0 saturated carbocycles. The molecule has 1 aromatic heterocycles. The molecule has 0 fully saturated rings. The topological polar surface area (TPSA) is 95.3 Å². The van der Waals surface area contributed by atoms with Crippen molar-refractivity contribution < 1.29 is 15.0 Å². The van der Waals surface area contributed by atoms with Gasteiger partial charge in [0.25, 0.3) is 5.91 Å². The monoisotopic (exact) mass is 409 g/mol. The maximum absolute atomic E-state index is 13.1. The van der Waals surface area contributed by atoms with Crippen molar-refractivity contribution in [3.63, 3.8) is 0 Å². The molecule has 0 saturated heterocycles. The lowest BCUT2D eigenvalue weighted by molar-refractivity contribution is 0.0947. The number of hydrogen-bond donors (Lipinski definition) is 3. The minimum atomic E-state index is -0.347. The fourth-order valence-electron chi connectivity index (χ4n) is 4.14. The normalized spacial score (nSPS) is 16.2. The second kappa shape index (κ2) is 10.2. The first-order valence-electron chi connectivity index (χ1n) is 10.8. The largest absolute Gasteiger partial charge is 0.507 e. The molecule has 1 unspecified atom stereocenters. The van der Waals surface area contributed by atoms with Crippen LogP contribution in [0.5, 0.6) is 11.5 Å². The van der Waals surface area contributed by atoms with Crippen LogP contribution in [0.4, 0.5) is 0 Å². The Morgan fingerprint density at radius 1 is 1.23 bits per heavy atom. The van der Waals surface area contributed by atoms with E-state index < -0.39 is 0 Å². The zero-order valence-corrected chi connectivity index (χ0v) is 17.8. The van der Waals surface area contributed by atoms with Crippen molar-refractivity contribution in [3.05, 3.63) is 58.7 Å². The molecule has 1 heterocycles. The van der Waals surface area contributed by atoms with Crippen molar-refractivity contribution in [1.82, 2.24) is 15.3 Å². The van der Waals surface area contributed by atoms with E-state index in [0.717, 1.165) is 44.1 Å². The summed E-state index contributed by atoms with van der Waals surface area (Å²) in [4.78, 5) is 21.0. The van der Waals surface area contributed by atoms with Gasteiger partial charge in [0.15, 0.2) is 0 Å². The number of phenols is 2. The van der Waals surface area contributed by atoms with E-state index in [9.17, 15) is 15.0 Å². The zero-order valence-electron chi connectivity index (χ0n) is 17.8. The summed E-state index contributed by atoms with van der Waals surface area (Å²) >= 11 is 0. The molecule has 160 valence electrons. The summed E-state index contributed by atoms with van der Waals surface area (Å²) in [6, 6.07) is 1.67. The van der Waals surface area contributed by atoms with Gasteiger partial charge >= 0.3 is 0 Å². The molecular weight excluding hydrogens is 378 g/mol. The number of carbonyl (C=O) groups is 1. The molecule has 2 aromatic rings. The number of benzene rings is 1. The smallest absolute Gasteiger partial charge is 0.255 e. The molecule has 1 atom stereocenters. The predicted molar refractivity (Wildman–Crippen MR) is 117 cm³/mol. The molecule has 0 radical (unpaired) electrons. The molecule has 0 bridgehead atoms. The highest BCUT2D eigenvalue weighted by Gasteiger charge is 2.27. The van der Waals surface area contributed by atoms with Crippen molar-refractivity contribution in [2.75, 3.05) is 0 Å². The fraction of sp³-hybridized carbons (Fsp3) is 0.458. The number of nitrogens with zero attached hydrogens (tertiary/aromatic N) is 2. The Morgan fingerprint density at radius 3 is 2.70 bits per heavy atom. The van der Waals surface area contributed by atoms with Crippen molar-refractivity contribution >= 4 is 5.91 Å². The van der Waals surface area contributed by atoms with Gasteiger partial charge in [-0.05, 0) is 50.7 Å². The Morgan fingerprint density at radius 2 is 2.00 bits per heavy atom. The number of rotatable bonds is 8. The molecule has 1 amide bonds. The fourth-order valence-corrected chi connectivity index (χ4v) is 4.14. The standard InChI is InChI=1S/C24H31N3O3/c1-3-4-5-8-19-11-20(28)21(18-9-6-7-16(2)10-18)23(29)22(19)24(30)27-14-17-12-25-15-26-13-17/h10-13,15,18,28-29H,3-9,14H2,1-2H3,(H,27,30). The highest BCUT2D eigenvalue weighted by Crippen LogP contribution is 2.44.